The molecule has 0 fully saturated rings. The van der Waals surface area contributed by atoms with E-state index in [1.54, 1.807) is 11.3 Å². The monoisotopic (exact) mass is 306 g/mol. The second-order valence-corrected chi connectivity index (χ2v) is 6.03. The molecular weight excluding hydrogens is 288 g/mol. The molecule has 0 amide bonds. The third-order valence-corrected chi connectivity index (χ3v) is 4.11. The van der Waals surface area contributed by atoms with Crippen LogP contribution in [0.1, 0.15) is 16.0 Å². The van der Waals surface area contributed by atoms with Crippen LogP contribution in [-0.4, -0.2) is 11.2 Å². The van der Waals surface area contributed by atoms with Crippen molar-refractivity contribution in [3.8, 4) is 0 Å². The fourth-order valence-electron chi connectivity index (χ4n) is 2.23. The molecule has 110 valence electrons. The second-order valence-electron chi connectivity index (χ2n) is 5.05. The molecule has 0 N–H and O–H groups in total. The Morgan fingerprint density at radius 1 is 0.773 bits per heavy atom. The number of thiophene rings is 1. The summed E-state index contributed by atoms with van der Waals surface area (Å²) in [6.07, 6.45) is 1.94. The van der Waals surface area contributed by atoms with Crippen molar-refractivity contribution in [2.75, 3.05) is 0 Å². The van der Waals surface area contributed by atoms with Gasteiger partial charge in [0.25, 0.3) is 0 Å². The molecule has 1 heterocycles. The second kappa shape index (κ2) is 7.57. The van der Waals surface area contributed by atoms with E-state index in [1.807, 2.05) is 24.4 Å². The van der Waals surface area contributed by atoms with Crippen molar-refractivity contribution in [3.63, 3.8) is 0 Å². The van der Waals surface area contributed by atoms with Gasteiger partial charge in [0.1, 0.15) is 0 Å². The molecule has 3 rings (SSSR count). The molecule has 0 unspecified atom stereocenters. The number of hydrazone groups is 1. The van der Waals surface area contributed by atoms with Gasteiger partial charge >= 0.3 is 0 Å². The van der Waals surface area contributed by atoms with Crippen LogP contribution >= 0.6 is 11.3 Å². The standard InChI is InChI=1S/C19H18N2S/c1-3-8-17(9-4-1)15-21(16-18-10-5-2-6-11-18)20-14-19-12-7-13-22-19/h1-14H,15-16H2/b20-14-. The number of rotatable bonds is 6. The fourth-order valence-corrected chi connectivity index (χ4v) is 2.81. The minimum Gasteiger partial charge on any atom is -0.288 e. The predicted molar refractivity (Wildman–Crippen MR) is 94.0 cm³/mol. The molecule has 0 aliphatic carbocycles. The minimum absolute atomic E-state index is 0.803. The summed E-state index contributed by atoms with van der Waals surface area (Å²) in [6.45, 7) is 1.61. The largest absolute Gasteiger partial charge is 0.288 e. The summed E-state index contributed by atoms with van der Waals surface area (Å²) >= 11 is 1.70. The average molecular weight is 306 g/mol. The van der Waals surface area contributed by atoms with Gasteiger partial charge in [0.05, 0.1) is 19.3 Å². The van der Waals surface area contributed by atoms with Gasteiger partial charge in [0, 0.05) is 4.88 Å². The van der Waals surface area contributed by atoms with Gasteiger partial charge in [0.15, 0.2) is 0 Å². The van der Waals surface area contributed by atoms with Gasteiger partial charge in [-0.05, 0) is 22.6 Å². The Balaban J connectivity index is 1.75. The van der Waals surface area contributed by atoms with Gasteiger partial charge < -0.3 is 0 Å². The first-order valence-electron chi connectivity index (χ1n) is 7.30. The van der Waals surface area contributed by atoms with Gasteiger partial charge in [-0.2, -0.15) is 5.10 Å². The number of hydrogen-bond donors (Lipinski definition) is 0. The molecule has 0 saturated heterocycles. The summed E-state index contributed by atoms with van der Waals surface area (Å²) in [6, 6.07) is 25.0. The Bertz CT molecular complexity index is 649. The normalized spacial score (nSPS) is 10.9. The third kappa shape index (κ3) is 4.30. The first kappa shape index (κ1) is 14.5. The van der Waals surface area contributed by atoms with Gasteiger partial charge in [-0.25, -0.2) is 0 Å². The highest BCUT2D eigenvalue weighted by atomic mass is 32.1. The molecular formula is C19H18N2S. The van der Waals surface area contributed by atoms with Crippen molar-refractivity contribution in [3.05, 3.63) is 94.2 Å². The van der Waals surface area contributed by atoms with Crippen LogP contribution in [0.3, 0.4) is 0 Å². The van der Waals surface area contributed by atoms with Crippen LogP contribution in [0, 0.1) is 0 Å². The molecule has 2 aromatic carbocycles. The molecule has 0 aliphatic rings. The zero-order valence-corrected chi connectivity index (χ0v) is 13.1. The summed E-state index contributed by atoms with van der Waals surface area (Å²) in [5.74, 6) is 0. The number of hydrogen-bond acceptors (Lipinski definition) is 3. The summed E-state index contributed by atoms with van der Waals surface area (Å²) in [4.78, 5) is 1.17. The van der Waals surface area contributed by atoms with Crippen molar-refractivity contribution in [1.82, 2.24) is 5.01 Å². The highest BCUT2D eigenvalue weighted by molar-refractivity contribution is 7.11. The molecule has 0 atom stereocenters. The number of benzene rings is 2. The van der Waals surface area contributed by atoms with E-state index in [0.29, 0.717) is 0 Å². The van der Waals surface area contributed by atoms with Crippen LogP contribution in [0.25, 0.3) is 0 Å². The maximum atomic E-state index is 4.68. The lowest BCUT2D eigenvalue weighted by molar-refractivity contribution is 0.272. The molecule has 3 aromatic rings. The molecule has 1 aromatic heterocycles. The van der Waals surface area contributed by atoms with Crippen molar-refractivity contribution in [2.24, 2.45) is 5.10 Å². The van der Waals surface area contributed by atoms with Crippen molar-refractivity contribution in [1.29, 1.82) is 0 Å². The van der Waals surface area contributed by atoms with E-state index < -0.39 is 0 Å². The van der Waals surface area contributed by atoms with Crippen molar-refractivity contribution < 1.29 is 0 Å². The van der Waals surface area contributed by atoms with Crippen LogP contribution in [0.5, 0.6) is 0 Å². The maximum Gasteiger partial charge on any atom is 0.0643 e. The first-order chi connectivity index (χ1) is 10.9. The van der Waals surface area contributed by atoms with E-state index in [4.69, 9.17) is 0 Å². The van der Waals surface area contributed by atoms with Crippen LogP contribution in [0.15, 0.2) is 83.3 Å². The molecule has 0 bridgehead atoms. The SMILES string of the molecule is C(=N/N(Cc1ccccc1)Cc1ccccc1)/c1cccs1. The first-order valence-corrected chi connectivity index (χ1v) is 8.18. The zero-order chi connectivity index (χ0) is 15.0. The molecule has 0 spiro atoms. The summed E-state index contributed by atoms with van der Waals surface area (Å²) in [7, 11) is 0. The Labute approximate surface area is 135 Å². The fraction of sp³-hybridized carbons (Fsp3) is 0.105. The Morgan fingerprint density at radius 2 is 1.36 bits per heavy atom. The highest BCUT2D eigenvalue weighted by Gasteiger charge is 2.04. The zero-order valence-electron chi connectivity index (χ0n) is 12.3. The van der Waals surface area contributed by atoms with Gasteiger partial charge in [-0.3, -0.25) is 5.01 Å². The van der Waals surface area contributed by atoms with E-state index in [2.05, 4.69) is 70.1 Å². The lowest BCUT2D eigenvalue weighted by Gasteiger charge is -2.19. The summed E-state index contributed by atoms with van der Waals surface area (Å²) in [5, 5.41) is 8.85. The predicted octanol–water partition coefficient (Wildman–Crippen LogP) is 4.78. The molecule has 0 radical (unpaired) electrons. The highest BCUT2D eigenvalue weighted by Crippen LogP contribution is 2.11. The molecule has 22 heavy (non-hydrogen) atoms. The van der Waals surface area contributed by atoms with Crippen LogP contribution < -0.4 is 0 Å². The average Bonchev–Trinajstić information content (AvgIpc) is 3.08. The lowest BCUT2D eigenvalue weighted by Crippen LogP contribution is -2.16. The smallest absolute Gasteiger partial charge is 0.0643 e. The molecule has 0 saturated carbocycles. The van der Waals surface area contributed by atoms with Gasteiger partial charge in [-0.1, -0.05) is 66.7 Å². The Kier molecular flexibility index (Phi) is 5.00. The maximum absolute atomic E-state index is 4.68. The van der Waals surface area contributed by atoms with Crippen LogP contribution in [0.4, 0.5) is 0 Å². The molecule has 2 nitrogen and oxygen atoms in total. The number of nitrogens with zero attached hydrogens (tertiary/aromatic N) is 2. The van der Waals surface area contributed by atoms with Crippen molar-refractivity contribution >= 4 is 17.6 Å². The topological polar surface area (TPSA) is 15.6 Å². The van der Waals surface area contributed by atoms with Crippen LogP contribution in [0.2, 0.25) is 0 Å². The molecule has 3 heteroatoms. The Morgan fingerprint density at radius 3 is 1.86 bits per heavy atom. The third-order valence-electron chi connectivity index (χ3n) is 3.31. The van der Waals surface area contributed by atoms with E-state index in [9.17, 15) is 0 Å². The van der Waals surface area contributed by atoms with E-state index in [1.165, 1.54) is 16.0 Å². The van der Waals surface area contributed by atoms with Gasteiger partial charge in [-0.15, -0.1) is 11.3 Å². The quantitative estimate of drug-likeness (QED) is 0.472. The lowest BCUT2D eigenvalue weighted by atomic mass is 10.2. The summed E-state index contributed by atoms with van der Waals surface area (Å²) < 4.78 is 0. The van der Waals surface area contributed by atoms with E-state index in [-0.39, 0.29) is 0 Å². The van der Waals surface area contributed by atoms with E-state index in [0.717, 1.165) is 13.1 Å². The van der Waals surface area contributed by atoms with Crippen LogP contribution in [-0.2, 0) is 13.1 Å². The van der Waals surface area contributed by atoms with Crippen molar-refractivity contribution in [2.45, 2.75) is 13.1 Å². The van der Waals surface area contributed by atoms with Gasteiger partial charge in [0.2, 0.25) is 0 Å². The van der Waals surface area contributed by atoms with E-state index >= 15 is 0 Å². The summed E-state index contributed by atoms with van der Waals surface area (Å²) in [5.41, 5.74) is 2.53. The molecule has 0 aliphatic heterocycles. The minimum atomic E-state index is 0.803. The Hall–Kier alpha value is -2.39.